The lowest BCUT2D eigenvalue weighted by atomic mass is 10.0. The van der Waals surface area contributed by atoms with Crippen LogP contribution in [0.2, 0.25) is 0 Å². The lowest BCUT2D eigenvalue weighted by Gasteiger charge is -2.16. The minimum absolute atomic E-state index is 0.137. The van der Waals surface area contributed by atoms with Crippen molar-refractivity contribution in [2.24, 2.45) is 5.73 Å². The second kappa shape index (κ2) is 9.36. The van der Waals surface area contributed by atoms with Gasteiger partial charge in [-0.3, -0.25) is 19.0 Å². The zero-order valence-corrected chi connectivity index (χ0v) is 17.7. The summed E-state index contributed by atoms with van der Waals surface area (Å²) in [6.45, 7) is 0. The van der Waals surface area contributed by atoms with E-state index in [1.54, 1.807) is 22.9 Å². The Hall–Kier alpha value is -4.11. The van der Waals surface area contributed by atoms with E-state index in [1.807, 2.05) is 48.5 Å². The summed E-state index contributed by atoms with van der Waals surface area (Å²) in [5, 5.41) is 3.17. The molecule has 2 aromatic carbocycles. The number of nitrogens with two attached hydrogens (primary N) is 1. The number of hydrogen-bond donors (Lipinski definition) is 2. The van der Waals surface area contributed by atoms with Gasteiger partial charge in [-0.2, -0.15) is 0 Å². The van der Waals surface area contributed by atoms with Gasteiger partial charge < -0.3 is 11.1 Å². The standard InChI is InChI=1S/C23H19N5O3S/c24-21(30)20(29)17(11-15-7-3-1-4-8-15)27-22(31)18-12-25-14-28(18)23-26-13-19(32-23)16-9-5-2-6-10-16/h1-10,12-14,17H,11H2,(H2,24,30)(H,27,31). The maximum atomic E-state index is 13.0. The highest BCUT2D eigenvalue weighted by molar-refractivity contribution is 7.17. The molecule has 2 heterocycles. The number of nitrogens with zero attached hydrogens (tertiary/aromatic N) is 3. The van der Waals surface area contributed by atoms with E-state index < -0.39 is 23.6 Å². The van der Waals surface area contributed by atoms with E-state index in [9.17, 15) is 14.4 Å². The molecular formula is C23H19N5O3S. The predicted octanol–water partition coefficient (Wildman–Crippen LogP) is 2.39. The fourth-order valence-corrected chi connectivity index (χ4v) is 4.10. The van der Waals surface area contributed by atoms with Crippen molar-refractivity contribution in [1.82, 2.24) is 19.9 Å². The number of carbonyl (C=O) groups excluding carboxylic acids is 3. The number of amides is 2. The van der Waals surface area contributed by atoms with Crippen molar-refractivity contribution in [2.45, 2.75) is 12.5 Å². The molecule has 1 atom stereocenters. The van der Waals surface area contributed by atoms with Crippen LogP contribution in [0.1, 0.15) is 16.1 Å². The molecule has 4 aromatic rings. The van der Waals surface area contributed by atoms with E-state index in [1.165, 1.54) is 23.9 Å². The molecule has 0 saturated carbocycles. The largest absolute Gasteiger partial charge is 0.363 e. The fraction of sp³-hybridized carbons (Fsp3) is 0.0870. The van der Waals surface area contributed by atoms with E-state index in [0.29, 0.717) is 5.13 Å². The maximum absolute atomic E-state index is 13.0. The summed E-state index contributed by atoms with van der Waals surface area (Å²) in [5.41, 5.74) is 7.18. The number of rotatable bonds is 8. The number of hydrogen-bond acceptors (Lipinski definition) is 6. The average Bonchev–Trinajstić information content (AvgIpc) is 3.49. The third-order valence-corrected chi connectivity index (χ3v) is 5.82. The molecule has 0 bridgehead atoms. The summed E-state index contributed by atoms with van der Waals surface area (Å²) < 4.78 is 1.54. The number of imidazole rings is 1. The van der Waals surface area contributed by atoms with Gasteiger partial charge in [-0.05, 0) is 11.1 Å². The smallest absolute Gasteiger partial charge is 0.287 e. The van der Waals surface area contributed by atoms with Gasteiger partial charge in [-0.25, -0.2) is 9.97 Å². The lowest BCUT2D eigenvalue weighted by Crippen LogP contribution is -2.47. The van der Waals surface area contributed by atoms with Gasteiger partial charge in [0.2, 0.25) is 5.78 Å². The molecule has 0 aliphatic heterocycles. The van der Waals surface area contributed by atoms with Crippen molar-refractivity contribution in [3.05, 3.63) is 90.6 Å². The molecule has 0 aliphatic rings. The number of nitrogens with one attached hydrogen (secondary N) is 1. The Labute approximate surface area is 187 Å². The zero-order valence-electron chi connectivity index (χ0n) is 16.8. The summed E-state index contributed by atoms with van der Waals surface area (Å²) in [4.78, 5) is 46.3. The van der Waals surface area contributed by atoms with Crippen LogP contribution in [0.15, 0.2) is 79.4 Å². The second-order valence-corrected chi connectivity index (χ2v) is 7.98. The minimum Gasteiger partial charge on any atom is -0.363 e. The molecule has 0 aliphatic carbocycles. The molecule has 3 N–H and O–H groups in total. The van der Waals surface area contributed by atoms with Crippen molar-refractivity contribution in [2.75, 3.05) is 0 Å². The van der Waals surface area contributed by atoms with Crippen LogP contribution in [0.4, 0.5) is 0 Å². The molecular weight excluding hydrogens is 426 g/mol. The molecule has 0 spiro atoms. The molecule has 160 valence electrons. The van der Waals surface area contributed by atoms with Gasteiger partial charge in [0, 0.05) is 12.6 Å². The van der Waals surface area contributed by atoms with Gasteiger partial charge in [-0.1, -0.05) is 72.0 Å². The van der Waals surface area contributed by atoms with Gasteiger partial charge in [-0.15, -0.1) is 0 Å². The van der Waals surface area contributed by atoms with Gasteiger partial charge in [0.05, 0.1) is 11.1 Å². The van der Waals surface area contributed by atoms with Crippen LogP contribution in [0.25, 0.3) is 15.6 Å². The third-order valence-electron chi connectivity index (χ3n) is 4.78. The van der Waals surface area contributed by atoms with Gasteiger partial charge >= 0.3 is 0 Å². The Bertz CT molecular complexity index is 1250. The fourth-order valence-electron chi connectivity index (χ4n) is 3.19. The Balaban J connectivity index is 1.57. The Morgan fingerprint density at radius 3 is 2.38 bits per heavy atom. The number of primary amides is 1. The number of Topliss-reactive ketones (excluding diaryl/α,β-unsaturated/α-hetero) is 1. The third kappa shape index (κ3) is 4.62. The van der Waals surface area contributed by atoms with E-state index in [0.717, 1.165) is 16.0 Å². The number of ketones is 1. The summed E-state index contributed by atoms with van der Waals surface area (Å²) >= 11 is 1.40. The van der Waals surface area contributed by atoms with Crippen LogP contribution in [-0.4, -0.2) is 38.2 Å². The maximum Gasteiger partial charge on any atom is 0.287 e. The van der Waals surface area contributed by atoms with Crippen molar-refractivity contribution in [3.63, 3.8) is 0 Å². The number of carbonyl (C=O) groups is 3. The van der Waals surface area contributed by atoms with Crippen LogP contribution in [0, 0.1) is 0 Å². The molecule has 8 nitrogen and oxygen atoms in total. The van der Waals surface area contributed by atoms with E-state index in [-0.39, 0.29) is 12.1 Å². The van der Waals surface area contributed by atoms with Gasteiger partial charge in [0.1, 0.15) is 18.1 Å². The van der Waals surface area contributed by atoms with E-state index in [2.05, 4.69) is 15.3 Å². The van der Waals surface area contributed by atoms with E-state index in [4.69, 9.17) is 5.73 Å². The normalized spacial score (nSPS) is 11.6. The van der Waals surface area contributed by atoms with Gasteiger partial charge in [0.15, 0.2) is 5.13 Å². The molecule has 2 amide bonds. The highest BCUT2D eigenvalue weighted by Crippen LogP contribution is 2.28. The Kier molecular flexibility index (Phi) is 6.18. The van der Waals surface area contributed by atoms with E-state index >= 15 is 0 Å². The van der Waals surface area contributed by atoms with Gasteiger partial charge in [0.25, 0.3) is 11.8 Å². The number of thiazole rings is 1. The molecule has 0 fully saturated rings. The monoisotopic (exact) mass is 445 g/mol. The molecule has 2 aromatic heterocycles. The molecule has 32 heavy (non-hydrogen) atoms. The molecule has 4 rings (SSSR count). The summed E-state index contributed by atoms with van der Waals surface area (Å²) in [5.74, 6) is -2.53. The number of benzene rings is 2. The number of aromatic nitrogens is 3. The molecule has 0 radical (unpaired) electrons. The van der Waals surface area contributed by atoms with Crippen molar-refractivity contribution >= 4 is 28.9 Å². The van der Waals surface area contributed by atoms with Crippen molar-refractivity contribution in [1.29, 1.82) is 0 Å². The van der Waals surface area contributed by atoms with Crippen LogP contribution in [0.3, 0.4) is 0 Å². The SMILES string of the molecule is NC(=O)C(=O)C(Cc1ccccc1)NC(=O)c1cncn1-c1ncc(-c2ccccc2)s1. The molecule has 0 saturated heterocycles. The topological polar surface area (TPSA) is 120 Å². The highest BCUT2D eigenvalue weighted by Gasteiger charge is 2.27. The summed E-state index contributed by atoms with van der Waals surface area (Å²) in [6.07, 6.45) is 4.72. The molecule has 1 unspecified atom stereocenters. The average molecular weight is 446 g/mol. The Morgan fingerprint density at radius 2 is 1.69 bits per heavy atom. The zero-order chi connectivity index (χ0) is 22.5. The predicted molar refractivity (Wildman–Crippen MR) is 120 cm³/mol. The first-order valence-electron chi connectivity index (χ1n) is 9.75. The second-order valence-electron chi connectivity index (χ2n) is 6.97. The summed E-state index contributed by atoms with van der Waals surface area (Å²) in [7, 11) is 0. The van der Waals surface area contributed by atoms with Crippen molar-refractivity contribution < 1.29 is 14.4 Å². The first kappa shape index (κ1) is 21.1. The molecule has 9 heteroatoms. The lowest BCUT2D eigenvalue weighted by molar-refractivity contribution is -0.137. The first-order chi connectivity index (χ1) is 15.5. The Morgan fingerprint density at radius 1 is 1.00 bits per heavy atom. The minimum atomic E-state index is -1.10. The van der Waals surface area contributed by atoms with Crippen LogP contribution < -0.4 is 11.1 Å². The van der Waals surface area contributed by atoms with Crippen LogP contribution in [-0.2, 0) is 16.0 Å². The van der Waals surface area contributed by atoms with Crippen molar-refractivity contribution in [3.8, 4) is 15.6 Å². The quantitative estimate of drug-likeness (QED) is 0.404. The highest BCUT2D eigenvalue weighted by atomic mass is 32.1. The summed E-state index contributed by atoms with van der Waals surface area (Å²) in [6, 6.07) is 17.7. The first-order valence-corrected chi connectivity index (χ1v) is 10.6. The van der Waals surface area contributed by atoms with Crippen LogP contribution >= 0.6 is 11.3 Å². The van der Waals surface area contributed by atoms with Crippen LogP contribution in [0.5, 0.6) is 0 Å².